The summed E-state index contributed by atoms with van der Waals surface area (Å²) in [6.45, 7) is 4.81. The molecule has 0 radical (unpaired) electrons. The van der Waals surface area contributed by atoms with Crippen molar-refractivity contribution >= 4 is 17.1 Å². The number of fused-ring (bicyclic) bond motifs is 1. The van der Waals surface area contributed by atoms with E-state index in [2.05, 4.69) is 46.2 Å². The van der Waals surface area contributed by atoms with Crippen LogP contribution >= 0.6 is 0 Å². The second-order valence-electron chi connectivity index (χ2n) is 7.52. The van der Waals surface area contributed by atoms with Gasteiger partial charge in [0, 0.05) is 25.6 Å². The van der Waals surface area contributed by atoms with Crippen molar-refractivity contribution in [1.82, 2.24) is 29.4 Å². The van der Waals surface area contributed by atoms with E-state index in [0.717, 1.165) is 11.5 Å². The summed E-state index contributed by atoms with van der Waals surface area (Å²) in [6.07, 6.45) is 6.99. The smallest absolute Gasteiger partial charge is 0.253 e. The third-order valence-corrected chi connectivity index (χ3v) is 5.00. The van der Waals surface area contributed by atoms with Crippen LogP contribution in [0.4, 0.5) is 0 Å². The highest BCUT2D eigenvalue weighted by Crippen LogP contribution is 2.21. The molecule has 4 aromatic rings. The number of carbonyl (C=O) groups excluding carboxylic acids is 1. The molecule has 1 unspecified atom stereocenters. The van der Waals surface area contributed by atoms with Crippen LogP contribution in [0.5, 0.6) is 0 Å². The summed E-state index contributed by atoms with van der Waals surface area (Å²) in [7, 11) is 1.93. The molecular weight excluding hydrogens is 364 g/mol. The summed E-state index contributed by atoms with van der Waals surface area (Å²) in [5.41, 5.74) is 3.12. The number of hydrogen-bond donors (Lipinski definition) is 1. The van der Waals surface area contributed by atoms with Crippen LogP contribution in [0.25, 0.3) is 11.2 Å². The first-order valence-corrected chi connectivity index (χ1v) is 9.66. The van der Waals surface area contributed by atoms with E-state index in [1.54, 1.807) is 24.8 Å². The molecule has 0 bridgehead atoms. The van der Waals surface area contributed by atoms with Crippen LogP contribution in [0, 0.1) is 5.92 Å². The first-order valence-electron chi connectivity index (χ1n) is 9.66. The summed E-state index contributed by atoms with van der Waals surface area (Å²) in [5, 5.41) is 3.09. The predicted molar refractivity (Wildman–Crippen MR) is 111 cm³/mol. The molecule has 0 spiro atoms. The first-order chi connectivity index (χ1) is 14.0. The van der Waals surface area contributed by atoms with Gasteiger partial charge in [0.2, 0.25) is 0 Å². The van der Waals surface area contributed by atoms with Crippen molar-refractivity contribution in [3.05, 3.63) is 78.3 Å². The van der Waals surface area contributed by atoms with Crippen molar-refractivity contribution in [2.45, 2.75) is 26.4 Å². The van der Waals surface area contributed by atoms with Gasteiger partial charge in [0.25, 0.3) is 5.91 Å². The highest BCUT2D eigenvalue weighted by atomic mass is 16.1. The Labute approximate surface area is 169 Å². The minimum Gasteiger partial charge on any atom is -0.342 e. The third-order valence-electron chi connectivity index (χ3n) is 5.00. The van der Waals surface area contributed by atoms with Crippen molar-refractivity contribution in [3.63, 3.8) is 0 Å². The average molecular weight is 388 g/mol. The summed E-state index contributed by atoms with van der Waals surface area (Å²) in [5.74, 6) is 0.843. The highest BCUT2D eigenvalue weighted by Gasteiger charge is 2.23. The van der Waals surface area contributed by atoms with E-state index in [0.29, 0.717) is 17.6 Å². The van der Waals surface area contributed by atoms with E-state index in [4.69, 9.17) is 0 Å². The normalized spacial score (nSPS) is 12.4. The quantitative estimate of drug-likeness (QED) is 0.550. The maximum atomic E-state index is 12.9. The largest absolute Gasteiger partial charge is 0.342 e. The fourth-order valence-corrected chi connectivity index (χ4v) is 3.40. The Kier molecular flexibility index (Phi) is 5.12. The predicted octanol–water partition coefficient (Wildman–Crippen LogP) is 3.34. The first kappa shape index (κ1) is 18.9. The fourth-order valence-electron chi connectivity index (χ4n) is 3.40. The lowest BCUT2D eigenvalue weighted by Crippen LogP contribution is -2.33. The van der Waals surface area contributed by atoms with E-state index in [1.807, 2.05) is 40.6 Å². The Balaban J connectivity index is 1.56. The molecule has 1 atom stereocenters. The van der Waals surface area contributed by atoms with Gasteiger partial charge in [-0.15, -0.1) is 0 Å². The Hall–Kier alpha value is -3.48. The Morgan fingerprint density at radius 1 is 1.14 bits per heavy atom. The van der Waals surface area contributed by atoms with Crippen molar-refractivity contribution in [2.75, 3.05) is 0 Å². The van der Waals surface area contributed by atoms with Gasteiger partial charge in [-0.25, -0.2) is 15.0 Å². The van der Waals surface area contributed by atoms with Crippen molar-refractivity contribution in [3.8, 4) is 0 Å². The highest BCUT2D eigenvalue weighted by molar-refractivity contribution is 5.96. The number of aromatic nitrogens is 5. The number of carbonyl (C=O) groups is 1. The topological polar surface area (TPSA) is 77.6 Å². The van der Waals surface area contributed by atoms with Gasteiger partial charge in [-0.05, 0) is 17.5 Å². The minimum absolute atomic E-state index is 0.182. The number of benzene rings is 1. The summed E-state index contributed by atoms with van der Waals surface area (Å²) >= 11 is 0. The van der Waals surface area contributed by atoms with Crippen LogP contribution in [-0.2, 0) is 13.6 Å². The van der Waals surface area contributed by atoms with Gasteiger partial charge in [0.05, 0.1) is 24.5 Å². The molecule has 0 aliphatic heterocycles. The second kappa shape index (κ2) is 7.87. The Morgan fingerprint density at radius 3 is 2.62 bits per heavy atom. The van der Waals surface area contributed by atoms with E-state index < -0.39 is 0 Å². The SMILES string of the molecule is CC(C)C(NC(=O)c1cnc2c(c1)ncn2Cc1ccccc1)c1nccn1C. The standard InChI is InChI=1S/C22H24N6O/c1-15(2)19(21-23-9-10-27(21)3)26-22(29)17-11-18-20(24-12-17)28(14-25-18)13-16-7-5-4-6-8-16/h4-12,14-15,19H,13H2,1-3H3,(H,26,29). The van der Waals surface area contributed by atoms with Gasteiger partial charge in [0.15, 0.2) is 5.65 Å². The monoisotopic (exact) mass is 388 g/mol. The van der Waals surface area contributed by atoms with Gasteiger partial charge in [-0.1, -0.05) is 44.2 Å². The zero-order valence-corrected chi connectivity index (χ0v) is 16.8. The molecule has 4 rings (SSSR count). The molecule has 1 aromatic carbocycles. The van der Waals surface area contributed by atoms with E-state index in [1.165, 1.54) is 5.56 Å². The fraction of sp³-hybridized carbons (Fsp3) is 0.273. The van der Waals surface area contributed by atoms with Gasteiger partial charge in [-0.2, -0.15) is 0 Å². The van der Waals surface area contributed by atoms with Crippen molar-refractivity contribution < 1.29 is 4.79 Å². The zero-order chi connectivity index (χ0) is 20.4. The molecule has 0 saturated carbocycles. The molecule has 0 fully saturated rings. The minimum atomic E-state index is -0.186. The molecule has 29 heavy (non-hydrogen) atoms. The molecule has 0 saturated heterocycles. The lowest BCUT2D eigenvalue weighted by molar-refractivity contribution is 0.0922. The average Bonchev–Trinajstić information content (AvgIpc) is 3.32. The molecule has 7 heteroatoms. The van der Waals surface area contributed by atoms with Crippen LogP contribution in [0.15, 0.2) is 61.3 Å². The van der Waals surface area contributed by atoms with Crippen molar-refractivity contribution in [1.29, 1.82) is 0 Å². The number of hydrogen-bond acceptors (Lipinski definition) is 4. The van der Waals surface area contributed by atoms with Crippen LogP contribution in [0.1, 0.15) is 41.6 Å². The van der Waals surface area contributed by atoms with Gasteiger partial charge in [0.1, 0.15) is 11.3 Å². The number of nitrogens with one attached hydrogen (secondary N) is 1. The number of rotatable bonds is 6. The maximum absolute atomic E-state index is 12.9. The molecular formula is C22H24N6O. The maximum Gasteiger partial charge on any atom is 0.253 e. The Bertz CT molecular complexity index is 1130. The molecule has 148 valence electrons. The summed E-state index contributed by atoms with van der Waals surface area (Å²) in [4.78, 5) is 26.2. The lowest BCUT2D eigenvalue weighted by Gasteiger charge is -2.22. The second-order valence-corrected chi connectivity index (χ2v) is 7.52. The molecule has 7 nitrogen and oxygen atoms in total. The van der Waals surface area contributed by atoms with E-state index in [-0.39, 0.29) is 17.9 Å². The summed E-state index contributed by atoms with van der Waals surface area (Å²) < 4.78 is 3.91. The Morgan fingerprint density at radius 2 is 1.93 bits per heavy atom. The van der Waals surface area contributed by atoms with Crippen LogP contribution in [-0.4, -0.2) is 30.0 Å². The van der Waals surface area contributed by atoms with Gasteiger partial charge >= 0.3 is 0 Å². The molecule has 3 aromatic heterocycles. The van der Waals surface area contributed by atoms with Crippen LogP contribution in [0.2, 0.25) is 0 Å². The number of imidazole rings is 2. The van der Waals surface area contributed by atoms with Crippen LogP contribution in [0.3, 0.4) is 0 Å². The zero-order valence-electron chi connectivity index (χ0n) is 16.8. The molecule has 0 aliphatic carbocycles. The third kappa shape index (κ3) is 3.89. The number of amides is 1. The van der Waals surface area contributed by atoms with E-state index >= 15 is 0 Å². The number of aryl methyl sites for hydroxylation is 1. The van der Waals surface area contributed by atoms with E-state index in [9.17, 15) is 4.79 Å². The van der Waals surface area contributed by atoms with Gasteiger partial charge in [-0.3, -0.25) is 4.79 Å². The number of pyridine rings is 1. The number of nitrogens with zero attached hydrogens (tertiary/aromatic N) is 5. The summed E-state index contributed by atoms with van der Waals surface area (Å²) in [6, 6.07) is 11.8. The molecule has 3 heterocycles. The molecule has 0 aliphatic rings. The van der Waals surface area contributed by atoms with Gasteiger partial charge < -0.3 is 14.5 Å². The molecule has 1 N–H and O–H groups in total. The van der Waals surface area contributed by atoms with Crippen molar-refractivity contribution in [2.24, 2.45) is 13.0 Å². The molecule has 1 amide bonds. The lowest BCUT2D eigenvalue weighted by atomic mass is 10.0. The van der Waals surface area contributed by atoms with Crippen LogP contribution < -0.4 is 5.32 Å².